The Kier molecular flexibility index (Phi) is 40.6. The number of carbonyl (C=O) groups excluding carboxylic acids is 4. The standard InChI is InChI=1S/C22H42O4.C21H40O4/c1-19(2)13-7-5-11-17-25-21(23)15-9-10-16-22(24)26-18-12-6-8-14-20(3)4;1-3-5-7-14-18-24-20(22)16-12-10-9-11-13-17-21(23)25-19-15-8-6-4-2/h19-20H,5-18H2,1-4H3;3-19H2,1-2H3. The van der Waals surface area contributed by atoms with Crippen LogP contribution in [0.25, 0.3) is 0 Å². The lowest BCUT2D eigenvalue weighted by Gasteiger charge is -2.07. The van der Waals surface area contributed by atoms with Crippen molar-refractivity contribution in [2.45, 2.75) is 215 Å². The largest absolute Gasteiger partial charge is 0.466 e. The Hall–Kier alpha value is -2.12. The van der Waals surface area contributed by atoms with Crippen molar-refractivity contribution in [3.05, 3.63) is 0 Å². The fourth-order valence-electron chi connectivity index (χ4n) is 5.36. The number of rotatable bonds is 35. The molecule has 0 aromatic heterocycles. The van der Waals surface area contributed by atoms with Crippen LogP contribution in [0.1, 0.15) is 215 Å². The fraction of sp³-hybridized carbons (Fsp3) is 0.907. The molecule has 0 amide bonds. The van der Waals surface area contributed by atoms with Gasteiger partial charge in [0.2, 0.25) is 0 Å². The molecular formula is C43H82O8. The fourth-order valence-corrected chi connectivity index (χ4v) is 5.36. The summed E-state index contributed by atoms with van der Waals surface area (Å²) in [5, 5.41) is 0. The predicted octanol–water partition coefficient (Wildman–Crippen LogP) is 12.0. The smallest absolute Gasteiger partial charge is 0.305 e. The lowest BCUT2D eigenvalue weighted by Crippen LogP contribution is -2.08. The zero-order chi connectivity index (χ0) is 38.2. The Balaban J connectivity index is 0. The van der Waals surface area contributed by atoms with Crippen LogP contribution in [0.15, 0.2) is 0 Å². The van der Waals surface area contributed by atoms with E-state index in [0.29, 0.717) is 65.0 Å². The van der Waals surface area contributed by atoms with Crippen LogP contribution in [-0.4, -0.2) is 50.3 Å². The van der Waals surface area contributed by atoms with E-state index in [1.54, 1.807) is 0 Å². The maximum absolute atomic E-state index is 11.6. The van der Waals surface area contributed by atoms with Crippen LogP contribution >= 0.6 is 0 Å². The topological polar surface area (TPSA) is 105 Å². The molecule has 302 valence electrons. The normalized spacial score (nSPS) is 10.9. The molecule has 51 heavy (non-hydrogen) atoms. The first-order chi connectivity index (χ1) is 24.6. The molecule has 0 saturated carbocycles. The maximum atomic E-state index is 11.6. The molecule has 0 bridgehead atoms. The highest BCUT2D eigenvalue weighted by Gasteiger charge is 2.07. The zero-order valence-corrected chi connectivity index (χ0v) is 34.3. The second-order valence-electron chi connectivity index (χ2n) is 15.0. The van der Waals surface area contributed by atoms with Gasteiger partial charge in [0.15, 0.2) is 0 Å². The van der Waals surface area contributed by atoms with E-state index in [9.17, 15) is 19.2 Å². The van der Waals surface area contributed by atoms with Crippen molar-refractivity contribution < 1.29 is 38.1 Å². The molecule has 0 aromatic carbocycles. The highest BCUT2D eigenvalue weighted by atomic mass is 16.5. The van der Waals surface area contributed by atoms with E-state index in [-0.39, 0.29) is 23.9 Å². The summed E-state index contributed by atoms with van der Waals surface area (Å²) in [6.45, 7) is 15.4. The van der Waals surface area contributed by atoms with Crippen LogP contribution in [0, 0.1) is 11.8 Å². The molecule has 0 heterocycles. The molecule has 0 unspecified atom stereocenters. The molecule has 0 aromatic rings. The van der Waals surface area contributed by atoms with E-state index in [1.807, 2.05) is 0 Å². The van der Waals surface area contributed by atoms with Crippen LogP contribution in [0.3, 0.4) is 0 Å². The predicted molar refractivity (Wildman–Crippen MR) is 210 cm³/mol. The molecule has 0 spiro atoms. The summed E-state index contributed by atoms with van der Waals surface area (Å²) >= 11 is 0. The molecule has 0 atom stereocenters. The highest BCUT2D eigenvalue weighted by Crippen LogP contribution is 2.12. The minimum Gasteiger partial charge on any atom is -0.466 e. The van der Waals surface area contributed by atoms with Crippen molar-refractivity contribution in [2.75, 3.05) is 26.4 Å². The third-order valence-electron chi connectivity index (χ3n) is 8.67. The molecule has 8 heteroatoms. The van der Waals surface area contributed by atoms with E-state index in [0.717, 1.165) is 95.3 Å². The van der Waals surface area contributed by atoms with E-state index in [1.165, 1.54) is 51.4 Å². The van der Waals surface area contributed by atoms with Crippen molar-refractivity contribution in [3.8, 4) is 0 Å². The second-order valence-corrected chi connectivity index (χ2v) is 15.0. The Bertz CT molecular complexity index is 731. The number of hydrogen-bond donors (Lipinski definition) is 0. The van der Waals surface area contributed by atoms with Gasteiger partial charge in [-0.25, -0.2) is 0 Å². The van der Waals surface area contributed by atoms with Gasteiger partial charge in [-0.2, -0.15) is 0 Å². The van der Waals surface area contributed by atoms with Gasteiger partial charge in [0.05, 0.1) is 26.4 Å². The van der Waals surface area contributed by atoms with Crippen molar-refractivity contribution >= 4 is 23.9 Å². The summed E-state index contributed by atoms with van der Waals surface area (Å²) in [5.41, 5.74) is 0. The summed E-state index contributed by atoms with van der Waals surface area (Å²) in [6, 6.07) is 0. The van der Waals surface area contributed by atoms with Crippen molar-refractivity contribution in [1.82, 2.24) is 0 Å². The summed E-state index contributed by atoms with van der Waals surface area (Å²) in [6.07, 6.45) is 26.2. The number of ether oxygens (including phenoxy) is 4. The molecule has 0 fully saturated rings. The summed E-state index contributed by atoms with van der Waals surface area (Å²) in [7, 11) is 0. The average Bonchev–Trinajstić information content (AvgIpc) is 3.09. The van der Waals surface area contributed by atoms with E-state index >= 15 is 0 Å². The molecule has 0 saturated heterocycles. The van der Waals surface area contributed by atoms with Crippen LogP contribution in [0.4, 0.5) is 0 Å². The zero-order valence-electron chi connectivity index (χ0n) is 34.3. The number of carbonyl (C=O) groups is 4. The van der Waals surface area contributed by atoms with E-state index in [4.69, 9.17) is 18.9 Å². The SMILES string of the molecule is CC(C)CCCCCOC(=O)CCCCC(=O)OCCCCCC(C)C.CCCCCCOC(=O)CCCCCCCC(=O)OCCCCCC. The Morgan fingerprint density at radius 3 is 0.843 bits per heavy atom. The van der Waals surface area contributed by atoms with E-state index < -0.39 is 0 Å². The average molecular weight is 727 g/mol. The van der Waals surface area contributed by atoms with E-state index in [2.05, 4.69) is 41.5 Å². The second kappa shape index (κ2) is 40.6. The summed E-state index contributed by atoms with van der Waals surface area (Å²) in [5.74, 6) is 1.06. The molecule has 0 aliphatic heterocycles. The van der Waals surface area contributed by atoms with Crippen LogP contribution in [0.2, 0.25) is 0 Å². The van der Waals surface area contributed by atoms with Gasteiger partial charge < -0.3 is 18.9 Å². The lowest BCUT2D eigenvalue weighted by atomic mass is 10.1. The number of esters is 4. The van der Waals surface area contributed by atoms with Gasteiger partial charge in [0.25, 0.3) is 0 Å². The third kappa shape index (κ3) is 45.9. The first-order valence-corrected chi connectivity index (χ1v) is 21.2. The van der Waals surface area contributed by atoms with Gasteiger partial charge in [-0.15, -0.1) is 0 Å². The maximum Gasteiger partial charge on any atom is 0.305 e. The Morgan fingerprint density at radius 2 is 0.569 bits per heavy atom. The van der Waals surface area contributed by atoms with Crippen LogP contribution < -0.4 is 0 Å². The Labute approximate surface area is 314 Å². The van der Waals surface area contributed by atoms with Crippen molar-refractivity contribution in [3.63, 3.8) is 0 Å². The quantitative estimate of drug-likeness (QED) is 0.0361. The summed E-state index contributed by atoms with van der Waals surface area (Å²) < 4.78 is 20.9. The molecule has 0 rings (SSSR count). The first kappa shape index (κ1) is 51.0. The molecule has 0 radical (unpaired) electrons. The van der Waals surface area contributed by atoms with Crippen molar-refractivity contribution in [1.29, 1.82) is 0 Å². The monoisotopic (exact) mass is 727 g/mol. The number of hydrogen-bond acceptors (Lipinski definition) is 8. The van der Waals surface area contributed by atoms with Gasteiger partial charge in [0.1, 0.15) is 0 Å². The van der Waals surface area contributed by atoms with Crippen LogP contribution in [0.5, 0.6) is 0 Å². The lowest BCUT2D eigenvalue weighted by molar-refractivity contribution is -0.146. The third-order valence-corrected chi connectivity index (χ3v) is 8.67. The molecule has 0 N–H and O–H groups in total. The van der Waals surface area contributed by atoms with Crippen molar-refractivity contribution in [2.24, 2.45) is 11.8 Å². The Morgan fingerprint density at radius 1 is 0.333 bits per heavy atom. The minimum atomic E-state index is -0.146. The van der Waals surface area contributed by atoms with Gasteiger partial charge in [-0.05, 0) is 63.2 Å². The molecule has 0 aliphatic carbocycles. The number of unbranched alkanes of at least 4 members (excludes halogenated alkanes) is 15. The highest BCUT2D eigenvalue weighted by molar-refractivity contribution is 5.70. The van der Waals surface area contributed by atoms with Gasteiger partial charge >= 0.3 is 23.9 Å². The summed E-state index contributed by atoms with van der Waals surface area (Å²) in [4.78, 5) is 46.3. The molecule has 0 aliphatic rings. The molecular weight excluding hydrogens is 644 g/mol. The van der Waals surface area contributed by atoms with Crippen LogP contribution in [-0.2, 0) is 38.1 Å². The minimum absolute atomic E-state index is 0.0665. The van der Waals surface area contributed by atoms with Gasteiger partial charge in [-0.1, -0.05) is 138 Å². The molecule has 8 nitrogen and oxygen atoms in total. The van der Waals surface area contributed by atoms with Gasteiger partial charge in [-0.3, -0.25) is 19.2 Å². The van der Waals surface area contributed by atoms with Gasteiger partial charge in [0, 0.05) is 25.7 Å². The first-order valence-electron chi connectivity index (χ1n) is 21.2.